The lowest BCUT2D eigenvalue weighted by Crippen LogP contribution is -2.24. The summed E-state index contributed by atoms with van der Waals surface area (Å²) >= 11 is 0. The van der Waals surface area contributed by atoms with Crippen LogP contribution < -0.4 is 10.9 Å². The van der Waals surface area contributed by atoms with Gasteiger partial charge in [0.25, 0.3) is 5.56 Å². The molecular weight excluding hydrogens is 398 g/mol. The maximum atomic E-state index is 12.8. The predicted molar refractivity (Wildman–Crippen MR) is 114 cm³/mol. The molecule has 0 aliphatic rings. The van der Waals surface area contributed by atoms with Crippen molar-refractivity contribution >= 4 is 28.6 Å². The van der Waals surface area contributed by atoms with E-state index in [2.05, 4.69) is 15.4 Å². The van der Waals surface area contributed by atoms with Crippen molar-refractivity contribution in [1.82, 2.24) is 19.3 Å². The molecule has 9 heteroatoms. The molecule has 1 amide bonds. The Morgan fingerprint density at radius 3 is 2.58 bits per heavy atom. The highest BCUT2D eigenvalue weighted by Crippen LogP contribution is 2.16. The molecule has 0 radical (unpaired) electrons. The molecule has 0 fully saturated rings. The minimum atomic E-state index is -0.544. The lowest BCUT2D eigenvalue weighted by atomic mass is 10.1. The van der Waals surface area contributed by atoms with Crippen LogP contribution >= 0.6 is 0 Å². The highest BCUT2D eigenvalue weighted by Gasteiger charge is 2.15. The van der Waals surface area contributed by atoms with Gasteiger partial charge in [-0.15, -0.1) is 0 Å². The molecule has 0 spiro atoms. The minimum absolute atomic E-state index is 0.0232. The van der Waals surface area contributed by atoms with Crippen molar-refractivity contribution in [2.24, 2.45) is 0 Å². The van der Waals surface area contributed by atoms with Crippen molar-refractivity contribution in [3.63, 3.8) is 0 Å². The van der Waals surface area contributed by atoms with Gasteiger partial charge in [-0.05, 0) is 24.3 Å². The van der Waals surface area contributed by atoms with Gasteiger partial charge in [-0.2, -0.15) is 5.10 Å². The number of carbonyl (C=O) groups is 2. The SMILES string of the molecule is COC(=O)c1ccccc1NC(=O)CCn1cnc2c(cnn2-c2ccccc2)c1=O. The molecule has 0 unspecified atom stereocenters. The summed E-state index contributed by atoms with van der Waals surface area (Å²) in [6.45, 7) is 0.129. The maximum absolute atomic E-state index is 12.8. The van der Waals surface area contributed by atoms with Crippen LogP contribution in [0.1, 0.15) is 16.8 Å². The number of carbonyl (C=O) groups excluding carboxylic acids is 2. The summed E-state index contributed by atoms with van der Waals surface area (Å²) in [6, 6.07) is 15.9. The third-order valence-corrected chi connectivity index (χ3v) is 4.74. The molecule has 2 aromatic carbocycles. The second-order valence-corrected chi connectivity index (χ2v) is 6.71. The van der Waals surface area contributed by atoms with Crippen molar-refractivity contribution in [2.75, 3.05) is 12.4 Å². The van der Waals surface area contributed by atoms with Gasteiger partial charge < -0.3 is 10.1 Å². The number of benzene rings is 2. The number of nitrogens with zero attached hydrogens (tertiary/aromatic N) is 4. The molecule has 0 atom stereocenters. The third kappa shape index (κ3) is 4.06. The fraction of sp³-hybridized carbons (Fsp3) is 0.136. The number of methoxy groups -OCH3 is 1. The molecule has 4 rings (SSSR count). The Morgan fingerprint density at radius 1 is 1.06 bits per heavy atom. The van der Waals surface area contributed by atoms with Crippen LogP contribution in [0.15, 0.2) is 71.9 Å². The van der Waals surface area contributed by atoms with Gasteiger partial charge in [0.2, 0.25) is 5.91 Å². The van der Waals surface area contributed by atoms with Crippen molar-refractivity contribution < 1.29 is 14.3 Å². The van der Waals surface area contributed by atoms with Crippen molar-refractivity contribution in [1.29, 1.82) is 0 Å². The second kappa shape index (κ2) is 8.62. The number of fused-ring (bicyclic) bond motifs is 1. The normalized spacial score (nSPS) is 10.7. The number of aryl methyl sites for hydroxylation is 1. The summed E-state index contributed by atoms with van der Waals surface area (Å²) in [6.07, 6.45) is 2.90. The lowest BCUT2D eigenvalue weighted by Gasteiger charge is -2.10. The first-order valence-corrected chi connectivity index (χ1v) is 9.54. The number of esters is 1. The van der Waals surface area contributed by atoms with E-state index in [1.165, 1.54) is 24.2 Å². The molecule has 4 aromatic rings. The molecule has 0 aliphatic heterocycles. The molecule has 9 nitrogen and oxygen atoms in total. The van der Waals surface area contributed by atoms with Gasteiger partial charge in [0.1, 0.15) is 5.39 Å². The van der Waals surface area contributed by atoms with Crippen LogP contribution in [0.4, 0.5) is 5.69 Å². The smallest absolute Gasteiger partial charge is 0.339 e. The van der Waals surface area contributed by atoms with Gasteiger partial charge in [-0.25, -0.2) is 14.5 Å². The number of nitrogens with one attached hydrogen (secondary N) is 1. The standard InChI is InChI=1S/C22H19N5O4/c1-31-22(30)16-9-5-6-10-18(16)25-19(28)11-12-26-14-23-20-17(21(26)29)13-24-27(20)15-7-3-2-4-8-15/h2-10,13-14H,11-12H2,1H3,(H,25,28). The average Bonchev–Trinajstić information content (AvgIpc) is 3.24. The van der Waals surface area contributed by atoms with Crippen LogP contribution in [-0.4, -0.2) is 38.3 Å². The lowest BCUT2D eigenvalue weighted by molar-refractivity contribution is -0.116. The monoisotopic (exact) mass is 417 g/mol. The summed E-state index contributed by atoms with van der Waals surface area (Å²) in [5.41, 5.74) is 1.57. The van der Waals surface area contributed by atoms with E-state index in [4.69, 9.17) is 4.74 Å². The summed E-state index contributed by atoms with van der Waals surface area (Å²) in [5, 5.41) is 7.32. The van der Waals surface area contributed by atoms with E-state index in [1.54, 1.807) is 28.9 Å². The van der Waals surface area contributed by atoms with E-state index >= 15 is 0 Å². The molecule has 0 saturated heterocycles. The maximum Gasteiger partial charge on any atom is 0.339 e. The number of amides is 1. The highest BCUT2D eigenvalue weighted by atomic mass is 16.5. The molecule has 0 bridgehead atoms. The Bertz CT molecular complexity index is 1310. The zero-order chi connectivity index (χ0) is 21.8. The van der Waals surface area contributed by atoms with Crippen molar-refractivity contribution in [3.8, 4) is 5.69 Å². The van der Waals surface area contributed by atoms with Gasteiger partial charge in [0.05, 0.1) is 36.6 Å². The Kier molecular flexibility index (Phi) is 5.57. The van der Waals surface area contributed by atoms with E-state index in [1.807, 2.05) is 30.3 Å². The first kappa shape index (κ1) is 20.0. The highest BCUT2D eigenvalue weighted by molar-refractivity contribution is 6.01. The number of rotatable bonds is 6. The van der Waals surface area contributed by atoms with Gasteiger partial charge in [-0.1, -0.05) is 30.3 Å². The Balaban J connectivity index is 1.50. The second-order valence-electron chi connectivity index (χ2n) is 6.71. The first-order valence-electron chi connectivity index (χ1n) is 9.54. The van der Waals surface area contributed by atoms with Gasteiger partial charge in [0.15, 0.2) is 5.65 Å². The molecule has 1 N–H and O–H groups in total. The van der Waals surface area contributed by atoms with E-state index in [-0.39, 0.29) is 30.0 Å². The van der Waals surface area contributed by atoms with E-state index < -0.39 is 5.97 Å². The van der Waals surface area contributed by atoms with Crippen molar-refractivity contribution in [2.45, 2.75) is 13.0 Å². The zero-order valence-corrected chi connectivity index (χ0v) is 16.7. The molecule has 156 valence electrons. The largest absolute Gasteiger partial charge is 0.465 e. The number of aromatic nitrogens is 4. The van der Waals surface area contributed by atoms with Crippen molar-refractivity contribution in [3.05, 3.63) is 83.0 Å². The summed E-state index contributed by atoms with van der Waals surface area (Å²) in [4.78, 5) is 41.4. The Labute approximate surface area is 176 Å². The molecular formula is C22H19N5O4. The number of ether oxygens (including phenoxy) is 1. The van der Waals surface area contributed by atoms with Crippen LogP contribution in [0.25, 0.3) is 16.7 Å². The van der Waals surface area contributed by atoms with Gasteiger partial charge in [0, 0.05) is 13.0 Å². The topological polar surface area (TPSA) is 108 Å². The van der Waals surface area contributed by atoms with E-state index in [9.17, 15) is 14.4 Å². The fourth-order valence-electron chi connectivity index (χ4n) is 3.18. The van der Waals surface area contributed by atoms with Crippen LogP contribution in [0, 0.1) is 0 Å². The average molecular weight is 417 g/mol. The van der Waals surface area contributed by atoms with E-state index in [0.717, 1.165) is 5.69 Å². The zero-order valence-electron chi connectivity index (χ0n) is 16.7. The quantitative estimate of drug-likeness (QED) is 0.483. The van der Waals surface area contributed by atoms with Crippen LogP contribution in [0.3, 0.4) is 0 Å². The van der Waals surface area contributed by atoms with E-state index in [0.29, 0.717) is 16.7 Å². The van der Waals surface area contributed by atoms with Crippen LogP contribution in [0.5, 0.6) is 0 Å². The fourth-order valence-corrected chi connectivity index (χ4v) is 3.18. The first-order chi connectivity index (χ1) is 15.1. The predicted octanol–water partition coefficient (Wildman–Crippen LogP) is 2.40. The third-order valence-electron chi connectivity index (χ3n) is 4.74. The number of anilines is 1. The summed E-state index contributed by atoms with van der Waals surface area (Å²) in [5.74, 6) is -0.888. The molecule has 0 aliphatic carbocycles. The number of para-hydroxylation sites is 2. The molecule has 31 heavy (non-hydrogen) atoms. The van der Waals surface area contributed by atoms with Gasteiger partial charge in [-0.3, -0.25) is 14.2 Å². The van der Waals surface area contributed by atoms with Gasteiger partial charge >= 0.3 is 5.97 Å². The van der Waals surface area contributed by atoms with Crippen LogP contribution in [0.2, 0.25) is 0 Å². The molecule has 2 aromatic heterocycles. The molecule has 0 saturated carbocycles. The molecule has 2 heterocycles. The Morgan fingerprint density at radius 2 is 1.81 bits per heavy atom. The summed E-state index contributed by atoms with van der Waals surface area (Å²) in [7, 11) is 1.27. The summed E-state index contributed by atoms with van der Waals surface area (Å²) < 4.78 is 7.69. The number of hydrogen-bond donors (Lipinski definition) is 1. The number of hydrogen-bond acceptors (Lipinski definition) is 6. The minimum Gasteiger partial charge on any atom is -0.465 e. The Hall–Kier alpha value is -4.27. The van der Waals surface area contributed by atoms with Crippen LogP contribution in [-0.2, 0) is 16.1 Å².